The molecule has 170 valence electrons. The molecule has 6 aliphatic heterocycles. The van der Waals surface area contributed by atoms with Crippen LogP contribution in [-0.4, -0.2) is 83.4 Å². The van der Waals surface area contributed by atoms with E-state index in [1.807, 2.05) is 13.2 Å². The van der Waals surface area contributed by atoms with E-state index in [2.05, 4.69) is 9.80 Å². The van der Waals surface area contributed by atoms with Gasteiger partial charge in [-0.3, -0.25) is 9.80 Å². The maximum absolute atomic E-state index is 12.7. The number of hydrogen-bond donors (Lipinski definition) is 0. The molecular weight excluding hydrogens is 408 g/mol. The smallest absolute Gasteiger partial charge is 0.331 e. The van der Waals surface area contributed by atoms with Crippen molar-refractivity contribution >= 4 is 11.9 Å². The number of carbonyl (C=O) groups is 2. The predicted molar refractivity (Wildman–Crippen MR) is 112 cm³/mol. The van der Waals surface area contributed by atoms with E-state index < -0.39 is 11.2 Å². The van der Waals surface area contributed by atoms with Gasteiger partial charge in [0.05, 0.1) is 18.2 Å². The summed E-state index contributed by atoms with van der Waals surface area (Å²) >= 11 is 0. The van der Waals surface area contributed by atoms with Crippen molar-refractivity contribution in [1.82, 2.24) is 9.80 Å². The Labute approximate surface area is 187 Å². The van der Waals surface area contributed by atoms with Crippen LogP contribution in [0.5, 0.6) is 0 Å². The maximum Gasteiger partial charge on any atom is 0.331 e. The van der Waals surface area contributed by atoms with Gasteiger partial charge < -0.3 is 14.2 Å². The highest BCUT2D eigenvalue weighted by Gasteiger charge is 2.72. The molecule has 7 nitrogen and oxygen atoms in total. The summed E-state index contributed by atoms with van der Waals surface area (Å²) in [5.74, 6) is 0.0916. The number of fused-ring (bicyclic) bond motifs is 6. The molecule has 0 aromatic carbocycles. The first-order chi connectivity index (χ1) is 15.6. The number of nitrogens with zero attached hydrogens (tertiary/aromatic N) is 2. The van der Waals surface area contributed by atoms with E-state index in [4.69, 9.17) is 14.2 Å². The van der Waals surface area contributed by atoms with Gasteiger partial charge in [-0.25, -0.2) is 9.59 Å². The number of ether oxygens (including phenoxy) is 3. The largest absolute Gasteiger partial charge is 0.450 e. The first-order valence-corrected chi connectivity index (χ1v) is 12.5. The van der Waals surface area contributed by atoms with Gasteiger partial charge in [0.15, 0.2) is 11.2 Å². The lowest BCUT2D eigenvalue weighted by Gasteiger charge is -2.49. The molecule has 2 spiro atoms. The maximum atomic E-state index is 12.7. The van der Waals surface area contributed by atoms with Crippen molar-refractivity contribution in [2.75, 3.05) is 20.2 Å². The molecule has 0 radical (unpaired) electrons. The van der Waals surface area contributed by atoms with E-state index in [-0.39, 0.29) is 30.0 Å². The van der Waals surface area contributed by atoms with Crippen molar-refractivity contribution in [3.05, 3.63) is 23.3 Å². The summed E-state index contributed by atoms with van der Waals surface area (Å²) in [5, 5.41) is 0. The van der Waals surface area contributed by atoms with E-state index in [9.17, 15) is 9.59 Å². The van der Waals surface area contributed by atoms with Crippen molar-refractivity contribution in [2.45, 2.75) is 86.4 Å². The fourth-order valence-corrected chi connectivity index (χ4v) is 9.70. The van der Waals surface area contributed by atoms with Crippen molar-refractivity contribution in [3.63, 3.8) is 0 Å². The van der Waals surface area contributed by atoms with E-state index in [1.165, 1.54) is 11.1 Å². The van der Waals surface area contributed by atoms with E-state index >= 15 is 0 Å². The Morgan fingerprint density at radius 1 is 0.938 bits per heavy atom. The van der Waals surface area contributed by atoms with Crippen LogP contribution in [0.15, 0.2) is 23.3 Å². The van der Waals surface area contributed by atoms with Gasteiger partial charge in [0, 0.05) is 50.1 Å². The average molecular weight is 439 g/mol. The third kappa shape index (κ3) is 1.94. The Morgan fingerprint density at radius 3 is 2.38 bits per heavy atom. The monoisotopic (exact) mass is 438 g/mol. The second kappa shape index (κ2) is 5.86. The zero-order valence-electron chi connectivity index (χ0n) is 18.5. The molecule has 0 aromatic rings. The van der Waals surface area contributed by atoms with Gasteiger partial charge in [-0.2, -0.15) is 0 Å². The van der Waals surface area contributed by atoms with E-state index in [0.717, 1.165) is 58.0 Å². The summed E-state index contributed by atoms with van der Waals surface area (Å²) < 4.78 is 18.6. The second-order valence-corrected chi connectivity index (χ2v) is 11.3. The van der Waals surface area contributed by atoms with Crippen LogP contribution >= 0.6 is 0 Å². The number of hydrogen-bond acceptors (Lipinski definition) is 7. The third-order valence-electron chi connectivity index (χ3n) is 10.5. The highest BCUT2D eigenvalue weighted by atomic mass is 16.6. The molecule has 6 heterocycles. The molecular formula is C25H30N2O5. The average Bonchev–Trinajstić information content (AvgIpc) is 3.57. The van der Waals surface area contributed by atoms with Crippen molar-refractivity contribution in [2.24, 2.45) is 11.8 Å². The molecule has 2 saturated carbocycles. The molecule has 0 unspecified atom stereocenters. The van der Waals surface area contributed by atoms with Crippen LogP contribution in [0.1, 0.15) is 44.9 Å². The Kier molecular flexibility index (Phi) is 3.42. The minimum absolute atomic E-state index is 0.0461. The summed E-state index contributed by atoms with van der Waals surface area (Å²) in [6.45, 7) is 2.13. The second-order valence-electron chi connectivity index (χ2n) is 11.3. The summed E-state index contributed by atoms with van der Waals surface area (Å²) in [5.41, 5.74) is 1.50. The lowest BCUT2D eigenvalue weighted by molar-refractivity contribution is -0.149. The van der Waals surface area contributed by atoms with Crippen LogP contribution < -0.4 is 0 Å². The fourth-order valence-electron chi connectivity index (χ4n) is 9.70. The van der Waals surface area contributed by atoms with Crippen LogP contribution in [0.25, 0.3) is 0 Å². The standard InChI is InChI=1S/C25H30N2O5/c1-30-23-17-12-25(19-5-3-7-27(17)19)15(10-21(29)32-25)22(23)14-8-13-9-20(28)31-24(13)11-16(14)26-6-2-4-18(24)26/h9-10,14,16-19,22-23H,2-8,11-12H2,1H3/t14-,16-,17-,18+,19+,22+,23+,24-,25-/m0/s1. The molecule has 2 aliphatic carbocycles. The SMILES string of the molecule is CO[C@H]1[C@H]([C@H]2CC3=CC(=O)O[C@@]34C[C@@H]2N2CCC[C@@H]24)C2=CC(=O)O[C@@]23C[C@@H]1N1CCC[C@@H]13. The first-order valence-electron chi connectivity index (χ1n) is 12.5. The summed E-state index contributed by atoms with van der Waals surface area (Å²) in [6, 6.07) is 1.24. The molecule has 4 saturated heterocycles. The van der Waals surface area contributed by atoms with Gasteiger partial charge in [0.25, 0.3) is 0 Å². The van der Waals surface area contributed by atoms with Crippen molar-refractivity contribution in [1.29, 1.82) is 0 Å². The zero-order valence-corrected chi connectivity index (χ0v) is 18.5. The Balaban J connectivity index is 1.27. The van der Waals surface area contributed by atoms with Crippen LogP contribution in [-0.2, 0) is 23.8 Å². The van der Waals surface area contributed by atoms with Gasteiger partial charge in [-0.15, -0.1) is 0 Å². The first kappa shape index (κ1) is 18.7. The molecule has 9 atom stereocenters. The van der Waals surface area contributed by atoms with Gasteiger partial charge in [0.2, 0.25) is 0 Å². The van der Waals surface area contributed by atoms with Gasteiger partial charge in [0.1, 0.15) is 0 Å². The summed E-state index contributed by atoms with van der Waals surface area (Å²) in [7, 11) is 1.84. The molecule has 7 heteroatoms. The minimum Gasteiger partial charge on any atom is -0.450 e. The van der Waals surface area contributed by atoms with Gasteiger partial charge in [-0.05, 0) is 62.3 Å². The topological polar surface area (TPSA) is 68.3 Å². The number of carbonyl (C=O) groups excluding carboxylic acids is 2. The predicted octanol–water partition coefficient (Wildman–Crippen LogP) is 1.57. The Hall–Kier alpha value is -1.70. The molecule has 8 aliphatic rings. The lowest BCUT2D eigenvalue weighted by atomic mass is 9.60. The fraction of sp³-hybridized carbons (Fsp3) is 0.760. The third-order valence-corrected chi connectivity index (χ3v) is 10.5. The minimum atomic E-state index is -0.466. The van der Waals surface area contributed by atoms with Crippen molar-refractivity contribution < 1.29 is 23.8 Å². The Morgan fingerprint density at radius 2 is 1.59 bits per heavy atom. The van der Waals surface area contributed by atoms with Gasteiger partial charge in [-0.1, -0.05) is 0 Å². The lowest BCUT2D eigenvalue weighted by Crippen LogP contribution is -2.55. The molecule has 0 aromatic heterocycles. The Bertz CT molecular complexity index is 1010. The number of rotatable bonds is 2. The molecule has 32 heavy (non-hydrogen) atoms. The van der Waals surface area contributed by atoms with Gasteiger partial charge >= 0.3 is 11.9 Å². The van der Waals surface area contributed by atoms with E-state index in [0.29, 0.717) is 24.0 Å². The van der Waals surface area contributed by atoms with Crippen LogP contribution in [0, 0.1) is 11.8 Å². The normalized spacial score (nSPS) is 52.8. The molecule has 0 amide bonds. The highest BCUT2D eigenvalue weighted by Crippen LogP contribution is 2.63. The summed E-state index contributed by atoms with van der Waals surface area (Å²) in [4.78, 5) is 30.4. The van der Waals surface area contributed by atoms with E-state index in [1.54, 1.807) is 6.08 Å². The summed E-state index contributed by atoms with van der Waals surface area (Å²) in [6.07, 6.45) is 10.7. The quantitative estimate of drug-likeness (QED) is 0.606. The van der Waals surface area contributed by atoms with Crippen LogP contribution in [0.2, 0.25) is 0 Å². The molecule has 8 rings (SSSR count). The molecule has 0 N–H and O–H groups in total. The molecule has 6 fully saturated rings. The van der Waals surface area contributed by atoms with Crippen LogP contribution in [0.3, 0.4) is 0 Å². The molecule has 4 bridgehead atoms. The highest BCUT2D eigenvalue weighted by molar-refractivity contribution is 5.88. The zero-order chi connectivity index (χ0) is 21.4. The van der Waals surface area contributed by atoms with Crippen LogP contribution in [0.4, 0.5) is 0 Å². The van der Waals surface area contributed by atoms with Crippen molar-refractivity contribution in [3.8, 4) is 0 Å². The number of esters is 2. The number of methoxy groups -OCH3 is 1.